The zero-order chi connectivity index (χ0) is 26.1. The first kappa shape index (κ1) is 24.2. The van der Waals surface area contributed by atoms with Crippen LogP contribution in [0.25, 0.3) is 22.0 Å². The van der Waals surface area contributed by atoms with Crippen LogP contribution in [0.15, 0.2) is 48.9 Å². The Morgan fingerprint density at radius 1 is 1.14 bits per heavy atom. The van der Waals surface area contributed by atoms with Crippen molar-refractivity contribution >= 4 is 46.2 Å². The van der Waals surface area contributed by atoms with E-state index in [9.17, 15) is 18.8 Å². The highest BCUT2D eigenvalue weighted by atomic mass is 35.5. The van der Waals surface area contributed by atoms with E-state index in [1.807, 2.05) is 0 Å². The van der Waals surface area contributed by atoms with Crippen molar-refractivity contribution in [1.29, 1.82) is 0 Å². The monoisotopic (exact) mass is 523 g/mol. The number of nitrogens with one attached hydrogen (secondary N) is 1. The predicted molar refractivity (Wildman–Crippen MR) is 130 cm³/mol. The fourth-order valence-electron chi connectivity index (χ4n) is 4.24. The van der Waals surface area contributed by atoms with Crippen molar-refractivity contribution in [3.05, 3.63) is 59.8 Å². The third kappa shape index (κ3) is 4.93. The van der Waals surface area contributed by atoms with E-state index in [0.29, 0.717) is 10.9 Å². The number of amides is 3. The van der Waals surface area contributed by atoms with E-state index in [4.69, 9.17) is 17.3 Å². The van der Waals surface area contributed by atoms with E-state index in [2.05, 4.69) is 30.6 Å². The molecule has 0 spiro atoms. The van der Waals surface area contributed by atoms with Crippen molar-refractivity contribution in [3.8, 4) is 11.1 Å². The van der Waals surface area contributed by atoms with Gasteiger partial charge in [-0.15, -0.1) is 0 Å². The summed E-state index contributed by atoms with van der Waals surface area (Å²) in [6, 6.07) is 7.29. The van der Waals surface area contributed by atoms with E-state index < -0.39 is 29.9 Å². The number of anilines is 1. The van der Waals surface area contributed by atoms with Gasteiger partial charge in [0.1, 0.15) is 23.9 Å². The van der Waals surface area contributed by atoms with Gasteiger partial charge in [0.2, 0.25) is 17.8 Å². The summed E-state index contributed by atoms with van der Waals surface area (Å²) in [5, 5.41) is 14.9. The zero-order valence-corrected chi connectivity index (χ0v) is 19.8. The van der Waals surface area contributed by atoms with Gasteiger partial charge in [-0.2, -0.15) is 15.3 Å². The molecule has 14 heteroatoms. The molecule has 3 N–H and O–H groups in total. The third-order valence-electron chi connectivity index (χ3n) is 5.92. The minimum atomic E-state index is -1.40. The molecule has 0 aliphatic carbocycles. The zero-order valence-electron chi connectivity index (χ0n) is 19.1. The molecule has 3 amide bonds. The molecule has 2 atom stereocenters. The molecule has 1 saturated heterocycles. The van der Waals surface area contributed by atoms with Crippen molar-refractivity contribution < 1.29 is 18.8 Å². The van der Waals surface area contributed by atoms with Gasteiger partial charge in [-0.1, -0.05) is 17.7 Å². The highest BCUT2D eigenvalue weighted by Crippen LogP contribution is 2.27. The summed E-state index contributed by atoms with van der Waals surface area (Å²) in [4.78, 5) is 47.1. The Kier molecular flexibility index (Phi) is 6.44. The maximum Gasteiger partial charge on any atom is 0.269 e. The summed E-state index contributed by atoms with van der Waals surface area (Å²) in [6.07, 6.45) is 2.88. The van der Waals surface area contributed by atoms with Gasteiger partial charge in [-0.3, -0.25) is 24.4 Å². The number of carbonyl (C=O) groups excluding carboxylic acids is 3. The third-order valence-corrected chi connectivity index (χ3v) is 6.13. The second kappa shape index (κ2) is 9.85. The molecule has 1 aromatic carbocycles. The molecular weight excluding hydrogens is 505 g/mol. The molecule has 5 rings (SSSR count). The Hall–Kier alpha value is -4.52. The highest BCUT2D eigenvalue weighted by Gasteiger charge is 2.40. The van der Waals surface area contributed by atoms with Crippen LogP contribution in [0.2, 0.25) is 5.15 Å². The Morgan fingerprint density at radius 2 is 1.97 bits per heavy atom. The van der Waals surface area contributed by atoms with E-state index in [1.54, 1.807) is 30.5 Å². The number of alkyl halides is 1. The van der Waals surface area contributed by atoms with Gasteiger partial charge in [0, 0.05) is 23.6 Å². The molecule has 4 heterocycles. The molecule has 37 heavy (non-hydrogen) atoms. The van der Waals surface area contributed by atoms with Gasteiger partial charge in [0.25, 0.3) is 5.91 Å². The van der Waals surface area contributed by atoms with E-state index >= 15 is 0 Å². The van der Waals surface area contributed by atoms with E-state index in [1.165, 1.54) is 23.1 Å². The Balaban J connectivity index is 1.41. The van der Waals surface area contributed by atoms with Crippen molar-refractivity contribution in [2.75, 3.05) is 11.9 Å². The molecule has 1 aliphatic heterocycles. The second-order valence-electron chi connectivity index (χ2n) is 8.32. The van der Waals surface area contributed by atoms with Crippen molar-refractivity contribution in [1.82, 2.24) is 34.8 Å². The fraction of sp³-hybridized carbons (Fsp3) is 0.217. The quantitative estimate of drug-likeness (QED) is 0.360. The van der Waals surface area contributed by atoms with Crippen LogP contribution < -0.4 is 11.1 Å². The lowest BCUT2D eigenvalue weighted by molar-refractivity contribution is -0.137. The standard InChI is InChI=1S/C23H19ClFN9O3/c24-18-4-5-27-23(30-18)31-22(37)17-8-14(25)10-33(17)19(35)11-34-16-2-1-12(13-3-6-28-29-9-13)7-15(16)20(32-34)21(26)36/h1-7,9,14,17H,8,10-11H2,(H2,26,36)(H,27,30,31,37)/t14-,17+/m1/s1. The number of likely N-dealkylation sites (tertiary alicyclic amines) is 1. The first-order valence-corrected chi connectivity index (χ1v) is 11.5. The van der Waals surface area contributed by atoms with Crippen LogP contribution in [-0.2, 0) is 16.1 Å². The second-order valence-corrected chi connectivity index (χ2v) is 8.71. The minimum Gasteiger partial charge on any atom is -0.364 e. The Labute approximate surface area is 213 Å². The molecule has 1 fully saturated rings. The molecule has 188 valence electrons. The van der Waals surface area contributed by atoms with Gasteiger partial charge >= 0.3 is 0 Å². The first-order valence-electron chi connectivity index (χ1n) is 11.1. The summed E-state index contributed by atoms with van der Waals surface area (Å²) in [6.45, 7) is -0.613. The summed E-state index contributed by atoms with van der Waals surface area (Å²) in [5.74, 6) is -2.04. The predicted octanol–water partition coefficient (Wildman–Crippen LogP) is 1.61. The molecule has 3 aromatic heterocycles. The maximum atomic E-state index is 14.3. The number of primary amides is 1. The minimum absolute atomic E-state index is 0.0242. The van der Waals surface area contributed by atoms with Crippen molar-refractivity contribution in [2.24, 2.45) is 5.73 Å². The number of rotatable bonds is 6. The van der Waals surface area contributed by atoms with Crippen LogP contribution in [0.4, 0.5) is 10.3 Å². The summed E-state index contributed by atoms with van der Waals surface area (Å²) in [7, 11) is 0. The van der Waals surface area contributed by atoms with Crippen LogP contribution in [0.1, 0.15) is 16.9 Å². The lowest BCUT2D eigenvalue weighted by atomic mass is 10.0. The number of carbonyl (C=O) groups is 3. The largest absolute Gasteiger partial charge is 0.364 e. The SMILES string of the molecule is NC(=O)c1nn(CC(=O)N2C[C@H](F)C[C@H]2C(=O)Nc2nccc(Cl)n2)c2ccc(-c3ccnnc3)cc12. The Bertz CT molecular complexity index is 1510. The van der Waals surface area contributed by atoms with Gasteiger partial charge in [0.05, 0.1) is 24.5 Å². The van der Waals surface area contributed by atoms with Crippen LogP contribution in [0, 0.1) is 0 Å². The summed E-state index contributed by atoms with van der Waals surface area (Å²) in [5.41, 5.74) is 7.50. The lowest BCUT2D eigenvalue weighted by Crippen LogP contribution is -2.44. The van der Waals surface area contributed by atoms with Crippen LogP contribution in [0.3, 0.4) is 0 Å². The number of benzene rings is 1. The highest BCUT2D eigenvalue weighted by molar-refractivity contribution is 6.29. The smallest absolute Gasteiger partial charge is 0.269 e. The first-order chi connectivity index (χ1) is 17.8. The van der Waals surface area contributed by atoms with Gasteiger partial charge in [0.15, 0.2) is 5.69 Å². The molecule has 0 unspecified atom stereocenters. The van der Waals surface area contributed by atoms with E-state index in [-0.39, 0.29) is 36.3 Å². The number of aromatic nitrogens is 6. The van der Waals surface area contributed by atoms with Crippen LogP contribution >= 0.6 is 11.6 Å². The lowest BCUT2D eigenvalue weighted by Gasteiger charge is -2.23. The molecule has 0 bridgehead atoms. The maximum absolute atomic E-state index is 14.3. The molecule has 1 aliphatic rings. The fourth-order valence-corrected chi connectivity index (χ4v) is 4.38. The van der Waals surface area contributed by atoms with Gasteiger partial charge < -0.3 is 10.6 Å². The number of hydrogen-bond donors (Lipinski definition) is 2. The van der Waals surface area contributed by atoms with Gasteiger partial charge in [-0.25, -0.2) is 14.4 Å². The topological polar surface area (TPSA) is 162 Å². The molecule has 0 saturated carbocycles. The van der Waals surface area contributed by atoms with Crippen LogP contribution in [0.5, 0.6) is 0 Å². The summed E-state index contributed by atoms with van der Waals surface area (Å²) >= 11 is 5.82. The van der Waals surface area contributed by atoms with E-state index in [0.717, 1.165) is 16.0 Å². The number of hydrogen-bond acceptors (Lipinski definition) is 8. The van der Waals surface area contributed by atoms with Crippen LogP contribution in [-0.4, -0.2) is 71.3 Å². The molecule has 0 radical (unpaired) electrons. The normalized spacial score (nSPS) is 17.2. The molecule has 4 aromatic rings. The molecule has 12 nitrogen and oxygen atoms in total. The number of fused-ring (bicyclic) bond motifs is 1. The number of nitrogens with zero attached hydrogens (tertiary/aromatic N) is 7. The number of halogens is 2. The average molecular weight is 524 g/mol. The van der Waals surface area contributed by atoms with Crippen molar-refractivity contribution in [2.45, 2.75) is 25.2 Å². The number of nitrogens with two attached hydrogens (primary N) is 1. The Morgan fingerprint density at radius 3 is 2.70 bits per heavy atom. The molecular formula is C23H19ClFN9O3. The van der Waals surface area contributed by atoms with Crippen molar-refractivity contribution in [3.63, 3.8) is 0 Å². The average Bonchev–Trinajstić information content (AvgIpc) is 3.45. The van der Waals surface area contributed by atoms with Gasteiger partial charge in [-0.05, 0) is 29.8 Å². The summed E-state index contributed by atoms with van der Waals surface area (Å²) < 4.78 is 15.6.